The molecular formula is C28H38FN. The number of halogens is 1. The molecule has 2 aliphatic rings. The van der Waals surface area contributed by atoms with E-state index in [1.165, 1.54) is 88.3 Å². The Morgan fingerprint density at radius 3 is 2.23 bits per heavy atom. The first-order valence-corrected chi connectivity index (χ1v) is 12.2. The van der Waals surface area contributed by atoms with Crippen LogP contribution in [0.1, 0.15) is 94.6 Å². The molecule has 2 fully saturated rings. The molecule has 0 aliphatic heterocycles. The van der Waals surface area contributed by atoms with Crippen LogP contribution in [0.3, 0.4) is 0 Å². The third-order valence-corrected chi connectivity index (χ3v) is 7.55. The lowest BCUT2D eigenvalue weighted by Crippen LogP contribution is -2.25. The maximum absolute atomic E-state index is 12.7. The molecule has 2 heteroatoms. The highest BCUT2D eigenvalue weighted by molar-refractivity contribution is 5.26. The molecule has 2 aliphatic carbocycles. The number of hydrogen-bond donors (Lipinski definition) is 0. The second-order valence-corrected chi connectivity index (χ2v) is 9.52. The molecular weight excluding hydrogens is 369 g/mol. The van der Waals surface area contributed by atoms with Crippen molar-refractivity contribution in [1.29, 1.82) is 5.26 Å². The predicted octanol–water partition coefficient (Wildman–Crippen LogP) is 8.43. The Balaban J connectivity index is 1.36. The molecule has 0 radical (unpaired) electrons. The molecule has 30 heavy (non-hydrogen) atoms. The molecule has 0 spiro atoms. The Kier molecular flexibility index (Phi) is 9.19. The van der Waals surface area contributed by atoms with Crippen molar-refractivity contribution in [3.8, 4) is 6.07 Å². The van der Waals surface area contributed by atoms with Crippen LogP contribution in [0, 0.1) is 29.1 Å². The van der Waals surface area contributed by atoms with E-state index in [0.29, 0.717) is 0 Å². The summed E-state index contributed by atoms with van der Waals surface area (Å²) in [5.41, 5.74) is 3.04. The molecule has 0 heterocycles. The van der Waals surface area contributed by atoms with Crippen molar-refractivity contribution in [3.05, 3.63) is 59.4 Å². The van der Waals surface area contributed by atoms with Gasteiger partial charge < -0.3 is 0 Å². The average Bonchev–Trinajstić information content (AvgIpc) is 2.80. The first kappa shape index (κ1) is 22.8. The third-order valence-electron chi connectivity index (χ3n) is 7.55. The fourth-order valence-corrected chi connectivity index (χ4v) is 5.74. The zero-order valence-electron chi connectivity index (χ0n) is 18.7. The molecule has 1 nitrogen and oxygen atoms in total. The van der Waals surface area contributed by atoms with E-state index in [-0.39, 0.29) is 0 Å². The monoisotopic (exact) mass is 407 g/mol. The van der Waals surface area contributed by atoms with Crippen LogP contribution in [0.15, 0.2) is 48.3 Å². The molecule has 2 saturated carbocycles. The van der Waals surface area contributed by atoms with E-state index in [2.05, 4.69) is 31.2 Å². The quantitative estimate of drug-likeness (QED) is 0.313. The Labute approximate surface area is 183 Å². The maximum atomic E-state index is 12.7. The van der Waals surface area contributed by atoms with E-state index >= 15 is 0 Å². The molecule has 1 aromatic carbocycles. The molecule has 162 valence electrons. The fourth-order valence-electron chi connectivity index (χ4n) is 5.74. The standard InChI is InChI=1S/C28H38FN/c1-2-6-22-9-13-24(14-10-22)26-17-19-27(20-18-26)25-15-11-23(12-16-25)7-4-3-5-8-28(29)21-30/h3,5,8-10,13-14,23,25-27H,2,4,6-7,11-12,15-20H2,1H3. The minimum atomic E-state index is -0.713. The average molecular weight is 408 g/mol. The van der Waals surface area contributed by atoms with Crippen molar-refractivity contribution in [2.75, 3.05) is 0 Å². The van der Waals surface area contributed by atoms with Gasteiger partial charge in [0.05, 0.1) is 0 Å². The van der Waals surface area contributed by atoms with E-state index in [4.69, 9.17) is 5.26 Å². The smallest absolute Gasteiger partial charge is 0.195 e. The maximum Gasteiger partial charge on any atom is 0.199 e. The normalized spacial score (nSPS) is 27.8. The van der Waals surface area contributed by atoms with Gasteiger partial charge in [-0.2, -0.15) is 9.65 Å². The lowest BCUT2D eigenvalue weighted by Gasteiger charge is -2.38. The summed E-state index contributed by atoms with van der Waals surface area (Å²) in [7, 11) is 0. The van der Waals surface area contributed by atoms with Crippen LogP contribution in [0.2, 0.25) is 0 Å². The number of nitriles is 1. The summed E-state index contributed by atoms with van der Waals surface area (Å²) >= 11 is 0. The van der Waals surface area contributed by atoms with Gasteiger partial charge in [-0.25, -0.2) is 0 Å². The number of benzene rings is 1. The summed E-state index contributed by atoms with van der Waals surface area (Å²) in [6.45, 7) is 2.25. The third kappa shape index (κ3) is 6.83. The summed E-state index contributed by atoms with van der Waals surface area (Å²) in [5, 5.41) is 8.40. The largest absolute Gasteiger partial charge is 0.199 e. The lowest BCUT2D eigenvalue weighted by molar-refractivity contribution is 0.157. The molecule has 0 amide bonds. The highest BCUT2D eigenvalue weighted by Gasteiger charge is 2.31. The second-order valence-electron chi connectivity index (χ2n) is 9.52. The van der Waals surface area contributed by atoms with Crippen molar-refractivity contribution in [1.82, 2.24) is 0 Å². The summed E-state index contributed by atoms with van der Waals surface area (Å²) in [6.07, 6.45) is 20.6. The van der Waals surface area contributed by atoms with Crippen LogP contribution in [-0.2, 0) is 6.42 Å². The van der Waals surface area contributed by atoms with Gasteiger partial charge in [0, 0.05) is 0 Å². The number of hydrogen-bond acceptors (Lipinski definition) is 1. The van der Waals surface area contributed by atoms with Crippen molar-refractivity contribution in [2.24, 2.45) is 17.8 Å². The van der Waals surface area contributed by atoms with Crippen molar-refractivity contribution in [3.63, 3.8) is 0 Å². The van der Waals surface area contributed by atoms with Gasteiger partial charge in [-0.05, 0) is 98.7 Å². The van der Waals surface area contributed by atoms with Gasteiger partial charge >= 0.3 is 0 Å². The van der Waals surface area contributed by atoms with E-state index in [9.17, 15) is 4.39 Å². The van der Waals surface area contributed by atoms with Gasteiger partial charge in [0.2, 0.25) is 0 Å². The van der Waals surface area contributed by atoms with Crippen LogP contribution < -0.4 is 0 Å². The first-order chi connectivity index (χ1) is 14.7. The summed E-state index contributed by atoms with van der Waals surface area (Å²) in [6, 6.07) is 11.0. The fraction of sp³-hybridized carbons (Fsp3) is 0.607. The minimum absolute atomic E-state index is 0.713. The van der Waals surface area contributed by atoms with Crippen LogP contribution in [0.5, 0.6) is 0 Å². The molecule has 0 atom stereocenters. The molecule has 1 aromatic rings. The zero-order chi connectivity index (χ0) is 21.2. The van der Waals surface area contributed by atoms with E-state index in [0.717, 1.165) is 30.1 Å². The SMILES string of the molecule is CCCc1ccc(C2CCC(C3CCC(CCC=CC=C(F)C#N)CC3)CC2)cc1. The Bertz CT molecular complexity index is 723. The predicted molar refractivity (Wildman–Crippen MR) is 124 cm³/mol. The highest BCUT2D eigenvalue weighted by Crippen LogP contribution is 2.44. The Hall–Kier alpha value is -1.88. The van der Waals surface area contributed by atoms with E-state index in [1.807, 2.05) is 6.08 Å². The van der Waals surface area contributed by atoms with Gasteiger partial charge in [-0.15, -0.1) is 0 Å². The van der Waals surface area contributed by atoms with Gasteiger partial charge in [-0.1, -0.05) is 62.6 Å². The summed E-state index contributed by atoms with van der Waals surface area (Å²) in [5.74, 6) is 2.78. The molecule has 3 rings (SSSR count). The number of aryl methyl sites for hydroxylation is 1. The van der Waals surface area contributed by atoms with Gasteiger partial charge in [0.15, 0.2) is 5.83 Å². The van der Waals surface area contributed by atoms with Gasteiger partial charge in [0.1, 0.15) is 6.07 Å². The van der Waals surface area contributed by atoms with Gasteiger partial charge in [0.25, 0.3) is 0 Å². The van der Waals surface area contributed by atoms with E-state index in [1.54, 1.807) is 11.6 Å². The van der Waals surface area contributed by atoms with Crippen LogP contribution in [0.4, 0.5) is 4.39 Å². The molecule has 0 N–H and O–H groups in total. The molecule has 0 aromatic heterocycles. The molecule has 0 bridgehead atoms. The number of allylic oxidation sites excluding steroid dienone is 4. The lowest BCUT2D eigenvalue weighted by atomic mass is 9.68. The topological polar surface area (TPSA) is 23.8 Å². The second kappa shape index (κ2) is 12.1. The van der Waals surface area contributed by atoms with Crippen molar-refractivity contribution >= 4 is 0 Å². The zero-order valence-corrected chi connectivity index (χ0v) is 18.7. The Morgan fingerprint density at radius 1 is 1.00 bits per heavy atom. The number of rotatable bonds is 8. The van der Waals surface area contributed by atoms with Crippen molar-refractivity contribution < 1.29 is 4.39 Å². The van der Waals surface area contributed by atoms with Crippen molar-refractivity contribution in [2.45, 2.75) is 89.9 Å². The van der Waals surface area contributed by atoms with E-state index < -0.39 is 5.83 Å². The molecule has 0 unspecified atom stereocenters. The summed E-state index contributed by atoms with van der Waals surface area (Å²) < 4.78 is 12.7. The van der Waals surface area contributed by atoms with Crippen LogP contribution >= 0.6 is 0 Å². The molecule has 0 saturated heterocycles. The summed E-state index contributed by atoms with van der Waals surface area (Å²) in [4.78, 5) is 0. The van der Waals surface area contributed by atoms with Crippen LogP contribution in [-0.4, -0.2) is 0 Å². The first-order valence-electron chi connectivity index (χ1n) is 12.2. The minimum Gasteiger partial charge on any atom is -0.195 e. The van der Waals surface area contributed by atoms with Crippen LogP contribution in [0.25, 0.3) is 0 Å². The Morgan fingerprint density at radius 2 is 1.63 bits per heavy atom. The highest BCUT2D eigenvalue weighted by atomic mass is 19.1. The van der Waals surface area contributed by atoms with Gasteiger partial charge in [-0.3, -0.25) is 0 Å². The number of nitrogens with zero attached hydrogens (tertiary/aromatic N) is 1.